The van der Waals surface area contributed by atoms with Gasteiger partial charge in [-0.25, -0.2) is 4.79 Å². The van der Waals surface area contributed by atoms with Crippen molar-refractivity contribution in [3.63, 3.8) is 0 Å². The highest BCUT2D eigenvalue weighted by Crippen LogP contribution is 2.18. The van der Waals surface area contributed by atoms with Gasteiger partial charge in [-0.2, -0.15) is 0 Å². The SMILES string of the molecule is NC(Cc1c[nH]c2ccccc12)C(=O)NC(CC(=O)O)C(=O)NC(Cc1ccccc1)C(=O)O. The Morgan fingerprint density at radius 1 is 0.853 bits per heavy atom. The van der Waals surface area contributed by atoms with Gasteiger partial charge in [-0.3, -0.25) is 14.4 Å². The summed E-state index contributed by atoms with van der Waals surface area (Å²) in [6.07, 6.45) is 1.16. The quantitative estimate of drug-likeness (QED) is 0.242. The highest BCUT2D eigenvalue weighted by Gasteiger charge is 2.30. The number of amides is 2. The number of H-pyrrole nitrogens is 1. The van der Waals surface area contributed by atoms with E-state index in [1.165, 1.54) is 0 Å². The molecule has 2 amide bonds. The molecule has 10 nitrogen and oxygen atoms in total. The van der Waals surface area contributed by atoms with Crippen LogP contribution in [0.5, 0.6) is 0 Å². The molecule has 0 aliphatic carbocycles. The van der Waals surface area contributed by atoms with Crippen LogP contribution in [0.2, 0.25) is 0 Å². The van der Waals surface area contributed by atoms with Gasteiger partial charge in [0.05, 0.1) is 12.5 Å². The minimum Gasteiger partial charge on any atom is -0.481 e. The van der Waals surface area contributed by atoms with E-state index in [4.69, 9.17) is 5.73 Å². The van der Waals surface area contributed by atoms with Crippen molar-refractivity contribution in [2.75, 3.05) is 0 Å². The molecule has 2 aromatic carbocycles. The van der Waals surface area contributed by atoms with E-state index in [0.29, 0.717) is 5.56 Å². The molecule has 7 N–H and O–H groups in total. The first kappa shape index (κ1) is 24.5. The second kappa shape index (κ2) is 11.1. The summed E-state index contributed by atoms with van der Waals surface area (Å²) in [4.78, 5) is 51.5. The van der Waals surface area contributed by atoms with Crippen molar-refractivity contribution < 1.29 is 29.4 Å². The molecule has 10 heteroatoms. The molecule has 1 aromatic heterocycles. The summed E-state index contributed by atoms with van der Waals surface area (Å²) in [5.74, 6) is -4.26. The predicted molar refractivity (Wildman–Crippen MR) is 124 cm³/mol. The molecule has 0 aliphatic heterocycles. The summed E-state index contributed by atoms with van der Waals surface area (Å²) in [7, 11) is 0. The predicted octanol–water partition coefficient (Wildman–Crippen LogP) is 0.809. The summed E-state index contributed by atoms with van der Waals surface area (Å²) in [6.45, 7) is 0. The Morgan fingerprint density at radius 2 is 1.50 bits per heavy atom. The lowest BCUT2D eigenvalue weighted by Crippen LogP contribution is -2.55. The molecular formula is C24H26N4O6. The van der Waals surface area contributed by atoms with Crippen LogP contribution in [-0.4, -0.2) is 57.1 Å². The van der Waals surface area contributed by atoms with Crippen molar-refractivity contribution in [2.45, 2.75) is 37.4 Å². The van der Waals surface area contributed by atoms with Crippen LogP contribution in [0.25, 0.3) is 10.9 Å². The first-order valence-electron chi connectivity index (χ1n) is 10.6. The van der Waals surface area contributed by atoms with Crippen LogP contribution in [0, 0.1) is 0 Å². The molecular weight excluding hydrogens is 440 g/mol. The molecule has 1 heterocycles. The zero-order valence-electron chi connectivity index (χ0n) is 18.2. The number of hydrogen-bond donors (Lipinski definition) is 6. The molecule has 3 unspecified atom stereocenters. The lowest BCUT2D eigenvalue weighted by atomic mass is 10.0. The normalized spacial score (nSPS) is 13.6. The molecule has 0 bridgehead atoms. The molecule has 3 atom stereocenters. The Kier molecular flexibility index (Phi) is 7.99. The van der Waals surface area contributed by atoms with E-state index < -0.39 is 48.3 Å². The number of rotatable bonds is 11. The highest BCUT2D eigenvalue weighted by atomic mass is 16.4. The van der Waals surface area contributed by atoms with E-state index in [2.05, 4.69) is 15.6 Å². The van der Waals surface area contributed by atoms with E-state index in [-0.39, 0.29) is 12.8 Å². The van der Waals surface area contributed by atoms with E-state index >= 15 is 0 Å². The monoisotopic (exact) mass is 466 g/mol. The fourth-order valence-corrected chi connectivity index (χ4v) is 3.61. The van der Waals surface area contributed by atoms with Gasteiger partial charge in [0.25, 0.3) is 0 Å². The molecule has 3 aromatic rings. The highest BCUT2D eigenvalue weighted by molar-refractivity contribution is 5.94. The first-order valence-corrected chi connectivity index (χ1v) is 10.6. The number of carboxylic acid groups (broad SMARTS) is 2. The second-order valence-electron chi connectivity index (χ2n) is 7.92. The number of para-hydroxylation sites is 1. The zero-order chi connectivity index (χ0) is 24.7. The standard InChI is InChI=1S/C24H26N4O6/c25-17(11-15-13-26-18-9-5-4-8-16(15)18)22(31)27-19(12-21(29)30)23(32)28-20(24(33)34)10-14-6-2-1-3-7-14/h1-9,13,17,19-20,26H,10-12,25H2,(H,27,31)(H,28,32)(H,29,30)(H,33,34). The summed E-state index contributed by atoms with van der Waals surface area (Å²) < 4.78 is 0. The number of aromatic nitrogens is 1. The fraction of sp³-hybridized carbons (Fsp3) is 0.250. The van der Waals surface area contributed by atoms with Gasteiger partial charge in [0, 0.05) is 23.5 Å². The molecule has 0 spiro atoms. The summed E-state index contributed by atoms with van der Waals surface area (Å²) in [5.41, 5.74) is 8.39. The van der Waals surface area contributed by atoms with Crippen LogP contribution in [0.1, 0.15) is 17.5 Å². The lowest BCUT2D eigenvalue weighted by Gasteiger charge is -2.22. The number of nitrogens with two attached hydrogens (primary N) is 1. The van der Waals surface area contributed by atoms with Crippen LogP contribution in [0.4, 0.5) is 0 Å². The number of carbonyl (C=O) groups excluding carboxylic acids is 2. The number of fused-ring (bicyclic) bond motifs is 1. The van der Waals surface area contributed by atoms with Crippen molar-refractivity contribution in [3.8, 4) is 0 Å². The minimum absolute atomic E-state index is 0.00424. The van der Waals surface area contributed by atoms with E-state index in [0.717, 1.165) is 16.5 Å². The van der Waals surface area contributed by atoms with Gasteiger partial charge in [-0.15, -0.1) is 0 Å². The second-order valence-corrected chi connectivity index (χ2v) is 7.92. The van der Waals surface area contributed by atoms with Crippen LogP contribution in [-0.2, 0) is 32.0 Å². The van der Waals surface area contributed by atoms with E-state index in [1.807, 2.05) is 24.3 Å². The molecule has 34 heavy (non-hydrogen) atoms. The zero-order valence-corrected chi connectivity index (χ0v) is 18.2. The Labute approximate surface area is 195 Å². The van der Waals surface area contributed by atoms with Crippen molar-refractivity contribution >= 4 is 34.7 Å². The lowest BCUT2D eigenvalue weighted by molar-refractivity contribution is -0.143. The van der Waals surface area contributed by atoms with Gasteiger partial charge < -0.3 is 31.6 Å². The molecule has 0 saturated carbocycles. The van der Waals surface area contributed by atoms with Crippen molar-refractivity contribution in [1.82, 2.24) is 15.6 Å². The first-order chi connectivity index (χ1) is 16.2. The third kappa shape index (κ3) is 6.42. The smallest absolute Gasteiger partial charge is 0.326 e. The maximum Gasteiger partial charge on any atom is 0.326 e. The van der Waals surface area contributed by atoms with Gasteiger partial charge in [0.2, 0.25) is 11.8 Å². The molecule has 3 rings (SSSR count). The summed E-state index contributed by atoms with van der Waals surface area (Å²) in [5, 5.41) is 24.3. The number of nitrogens with one attached hydrogen (secondary N) is 3. The maximum atomic E-state index is 12.7. The number of hydrogen-bond acceptors (Lipinski definition) is 5. The van der Waals surface area contributed by atoms with Crippen molar-refractivity contribution in [2.24, 2.45) is 5.73 Å². The van der Waals surface area contributed by atoms with Gasteiger partial charge in [0.15, 0.2) is 0 Å². The third-order valence-electron chi connectivity index (χ3n) is 5.36. The van der Waals surface area contributed by atoms with Crippen LogP contribution < -0.4 is 16.4 Å². The molecule has 0 fully saturated rings. The van der Waals surface area contributed by atoms with Gasteiger partial charge in [-0.05, 0) is 23.6 Å². The van der Waals surface area contributed by atoms with Crippen LogP contribution >= 0.6 is 0 Å². The van der Waals surface area contributed by atoms with Gasteiger partial charge >= 0.3 is 11.9 Å². The number of carbonyl (C=O) groups is 4. The largest absolute Gasteiger partial charge is 0.481 e. The average Bonchev–Trinajstić information content (AvgIpc) is 3.21. The summed E-state index contributed by atoms with van der Waals surface area (Å²) >= 11 is 0. The Morgan fingerprint density at radius 3 is 2.18 bits per heavy atom. The number of carboxylic acids is 2. The number of aliphatic carboxylic acids is 2. The average molecular weight is 466 g/mol. The fourth-order valence-electron chi connectivity index (χ4n) is 3.61. The molecule has 178 valence electrons. The van der Waals surface area contributed by atoms with Crippen LogP contribution in [0.15, 0.2) is 60.8 Å². The maximum absolute atomic E-state index is 12.7. The summed E-state index contributed by atoms with van der Waals surface area (Å²) in [6, 6.07) is 12.3. The Bertz CT molecular complexity index is 1180. The third-order valence-corrected chi connectivity index (χ3v) is 5.36. The Hall–Kier alpha value is -4.18. The van der Waals surface area contributed by atoms with Crippen LogP contribution in [0.3, 0.4) is 0 Å². The van der Waals surface area contributed by atoms with Gasteiger partial charge in [-0.1, -0.05) is 48.5 Å². The van der Waals surface area contributed by atoms with Crippen molar-refractivity contribution in [3.05, 3.63) is 71.9 Å². The van der Waals surface area contributed by atoms with E-state index in [9.17, 15) is 29.4 Å². The molecule has 0 aliphatic rings. The number of benzene rings is 2. The molecule has 0 radical (unpaired) electrons. The van der Waals surface area contributed by atoms with Gasteiger partial charge in [0.1, 0.15) is 12.1 Å². The topological polar surface area (TPSA) is 175 Å². The Balaban J connectivity index is 1.67. The molecule has 0 saturated heterocycles. The minimum atomic E-state index is -1.49. The van der Waals surface area contributed by atoms with Crippen molar-refractivity contribution in [1.29, 1.82) is 0 Å². The number of aromatic amines is 1. The van der Waals surface area contributed by atoms with E-state index in [1.54, 1.807) is 36.5 Å².